The lowest BCUT2D eigenvalue weighted by molar-refractivity contribution is 0.103. The minimum atomic E-state index is -0.209. The highest BCUT2D eigenvalue weighted by Crippen LogP contribution is 2.27. The van der Waals surface area contributed by atoms with Crippen LogP contribution in [-0.2, 0) is 0 Å². The molecular formula is C15H10N4O2S2. The summed E-state index contributed by atoms with van der Waals surface area (Å²) >= 11 is 2.96. The maximum Gasteiger partial charge on any atom is 0.267 e. The number of fused-ring (bicyclic) bond motifs is 1. The summed E-state index contributed by atoms with van der Waals surface area (Å²) in [5, 5.41) is 12.3. The van der Waals surface area contributed by atoms with Crippen molar-refractivity contribution < 1.29 is 9.32 Å². The number of pyridine rings is 1. The Labute approximate surface area is 138 Å². The summed E-state index contributed by atoms with van der Waals surface area (Å²) in [6, 6.07) is 3.78. The number of aromatic nitrogens is 3. The van der Waals surface area contributed by atoms with E-state index in [1.165, 1.54) is 11.3 Å². The third-order valence-corrected chi connectivity index (χ3v) is 4.99. The molecule has 0 unspecified atom stereocenters. The highest BCUT2D eigenvalue weighted by molar-refractivity contribution is 7.17. The normalized spacial score (nSPS) is 11.0. The summed E-state index contributed by atoms with van der Waals surface area (Å²) in [6.07, 6.45) is 3.13. The van der Waals surface area contributed by atoms with Crippen LogP contribution >= 0.6 is 22.7 Å². The summed E-state index contributed by atoms with van der Waals surface area (Å²) in [7, 11) is 0. The third kappa shape index (κ3) is 2.62. The molecule has 0 atom stereocenters. The molecule has 0 radical (unpaired) electrons. The van der Waals surface area contributed by atoms with Gasteiger partial charge in [0.2, 0.25) is 0 Å². The van der Waals surface area contributed by atoms with Crippen molar-refractivity contribution in [3.8, 4) is 10.6 Å². The van der Waals surface area contributed by atoms with Crippen LogP contribution in [0.5, 0.6) is 0 Å². The second-order valence-electron chi connectivity index (χ2n) is 4.84. The van der Waals surface area contributed by atoms with E-state index in [0.29, 0.717) is 16.3 Å². The Bertz CT molecular complexity index is 988. The fourth-order valence-electron chi connectivity index (χ4n) is 2.10. The molecule has 23 heavy (non-hydrogen) atoms. The van der Waals surface area contributed by atoms with Crippen LogP contribution in [0.3, 0.4) is 0 Å². The van der Waals surface area contributed by atoms with Crippen molar-refractivity contribution in [1.29, 1.82) is 0 Å². The molecule has 4 aromatic rings. The van der Waals surface area contributed by atoms with E-state index < -0.39 is 0 Å². The van der Waals surface area contributed by atoms with Crippen molar-refractivity contribution >= 4 is 45.4 Å². The number of thiazole rings is 1. The Morgan fingerprint density at radius 2 is 2.22 bits per heavy atom. The number of carbonyl (C=O) groups is 1. The molecule has 4 rings (SSSR count). The number of hydrogen-bond donors (Lipinski definition) is 1. The Hall–Kier alpha value is -2.58. The van der Waals surface area contributed by atoms with Gasteiger partial charge in [0.1, 0.15) is 9.88 Å². The Morgan fingerprint density at radius 3 is 3.04 bits per heavy atom. The molecule has 4 aromatic heterocycles. The average Bonchev–Trinajstić information content (AvgIpc) is 3.27. The molecule has 8 heteroatoms. The van der Waals surface area contributed by atoms with Crippen LogP contribution in [0.25, 0.3) is 21.7 Å². The number of amides is 1. The monoisotopic (exact) mass is 342 g/mol. The van der Waals surface area contributed by atoms with Gasteiger partial charge in [-0.1, -0.05) is 5.16 Å². The topological polar surface area (TPSA) is 80.9 Å². The lowest BCUT2D eigenvalue weighted by Crippen LogP contribution is -2.10. The molecule has 0 saturated heterocycles. The van der Waals surface area contributed by atoms with Gasteiger partial charge in [0, 0.05) is 10.9 Å². The first-order valence-corrected chi connectivity index (χ1v) is 8.48. The molecule has 0 aromatic carbocycles. The number of nitrogens with one attached hydrogen (secondary N) is 1. The Balaban J connectivity index is 1.58. The van der Waals surface area contributed by atoms with Crippen LogP contribution in [0, 0.1) is 6.92 Å². The van der Waals surface area contributed by atoms with Crippen LogP contribution < -0.4 is 5.32 Å². The van der Waals surface area contributed by atoms with Crippen molar-refractivity contribution in [2.45, 2.75) is 6.92 Å². The van der Waals surface area contributed by atoms with Gasteiger partial charge < -0.3 is 9.84 Å². The van der Waals surface area contributed by atoms with E-state index in [1.807, 2.05) is 23.8 Å². The minimum absolute atomic E-state index is 0.209. The molecule has 114 valence electrons. The molecule has 6 nitrogen and oxygen atoms in total. The molecule has 1 amide bonds. The average molecular weight is 342 g/mol. The number of rotatable bonds is 3. The molecule has 0 saturated carbocycles. The van der Waals surface area contributed by atoms with Crippen LogP contribution in [-0.4, -0.2) is 21.0 Å². The molecule has 0 fully saturated rings. The van der Waals surface area contributed by atoms with Crippen LogP contribution in [0.2, 0.25) is 0 Å². The van der Waals surface area contributed by atoms with Gasteiger partial charge >= 0.3 is 0 Å². The highest BCUT2D eigenvalue weighted by atomic mass is 32.1. The van der Waals surface area contributed by atoms with Gasteiger partial charge in [-0.3, -0.25) is 4.79 Å². The molecule has 4 heterocycles. The van der Waals surface area contributed by atoms with Gasteiger partial charge in [-0.2, -0.15) is 11.3 Å². The SMILES string of the molecule is Cc1noc2ncc(NC(=O)c3cnc(-c4ccsc4)s3)cc12. The largest absolute Gasteiger partial charge is 0.336 e. The van der Waals surface area contributed by atoms with Gasteiger partial charge in [-0.15, -0.1) is 11.3 Å². The minimum Gasteiger partial charge on any atom is -0.336 e. The first-order chi connectivity index (χ1) is 11.2. The maximum absolute atomic E-state index is 12.4. The number of anilines is 1. The van der Waals surface area contributed by atoms with Crippen molar-refractivity contribution in [2.24, 2.45) is 0 Å². The number of carbonyl (C=O) groups excluding carboxylic acids is 1. The fraction of sp³-hybridized carbons (Fsp3) is 0.0667. The smallest absolute Gasteiger partial charge is 0.267 e. The van der Waals surface area contributed by atoms with Gasteiger partial charge in [-0.25, -0.2) is 9.97 Å². The van der Waals surface area contributed by atoms with Crippen molar-refractivity contribution in [3.05, 3.63) is 45.9 Å². The number of aryl methyl sites for hydroxylation is 1. The molecule has 0 spiro atoms. The van der Waals surface area contributed by atoms with Gasteiger partial charge in [-0.05, 0) is 24.4 Å². The lowest BCUT2D eigenvalue weighted by Gasteiger charge is -2.02. The van der Waals surface area contributed by atoms with Gasteiger partial charge in [0.25, 0.3) is 11.6 Å². The zero-order valence-electron chi connectivity index (χ0n) is 11.9. The van der Waals surface area contributed by atoms with E-state index in [1.54, 1.807) is 29.8 Å². The number of hydrogen-bond acceptors (Lipinski definition) is 7. The van der Waals surface area contributed by atoms with E-state index in [4.69, 9.17) is 4.52 Å². The zero-order valence-corrected chi connectivity index (χ0v) is 13.6. The molecule has 1 N–H and O–H groups in total. The van der Waals surface area contributed by atoms with Crippen LogP contribution in [0.15, 0.2) is 39.8 Å². The molecule has 0 aliphatic rings. The van der Waals surface area contributed by atoms with Crippen LogP contribution in [0.4, 0.5) is 5.69 Å². The lowest BCUT2D eigenvalue weighted by atomic mass is 10.2. The summed E-state index contributed by atoms with van der Waals surface area (Å²) < 4.78 is 5.06. The van der Waals surface area contributed by atoms with E-state index in [9.17, 15) is 4.79 Å². The second-order valence-corrected chi connectivity index (χ2v) is 6.65. The van der Waals surface area contributed by atoms with E-state index >= 15 is 0 Å². The number of nitrogens with zero attached hydrogens (tertiary/aromatic N) is 3. The summed E-state index contributed by atoms with van der Waals surface area (Å²) in [5.74, 6) is -0.209. The first kappa shape index (κ1) is 14.0. The number of thiophene rings is 1. The molecule has 0 bridgehead atoms. The Morgan fingerprint density at radius 1 is 1.30 bits per heavy atom. The van der Waals surface area contributed by atoms with E-state index in [-0.39, 0.29) is 5.91 Å². The van der Waals surface area contributed by atoms with E-state index in [0.717, 1.165) is 21.7 Å². The van der Waals surface area contributed by atoms with Crippen LogP contribution in [0.1, 0.15) is 15.4 Å². The Kier molecular flexibility index (Phi) is 3.40. The summed E-state index contributed by atoms with van der Waals surface area (Å²) in [5.41, 5.74) is 2.82. The van der Waals surface area contributed by atoms with Crippen molar-refractivity contribution in [3.63, 3.8) is 0 Å². The fourth-order valence-corrected chi connectivity index (χ4v) is 3.63. The van der Waals surface area contributed by atoms with E-state index in [2.05, 4.69) is 20.4 Å². The zero-order chi connectivity index (χ0) is 15.8. The predicted octanol–water partition coefficient (Wildman–Crippen LogP) is 3.97. The standard InChI is InChI=1S/C15H10N4O2S2/c1-8-11-4-10(5-16-14(11)21-19-8)18-13(20)12-6-17-15(23-12)9-2-3-22-7-9/h2-7H,1H3,(H,18,20). The third-order valence-electron chi connectivity index (χ3n) is 3.27. The highest BCUT2D eigenvalue weighted by Gasteiger charge is 2.14. The molecular weight excluding hydrogens is 332 g/mol. The molecule has 0 aliphatic heterocycles. The summed E-state index contributed by atoms with van der Waals surface area (Å²) in [4.78, 5) is 21.3. The maximum atomic E-state index is 12.4. The second kappa shape index (κ2) is 5.56. The van der Waals surface area contributed by atoms with Crippen molar-refractivity contribution in [2.75, 3.05) is 5.32 Å². The van der Waals surface area contributed by atoms with Crippen molar-refractivity contribution in [1.82, 2.24) is 15.1 Å². The quantitative estimate of drug-likeness (QED) is 0.609. The molecule has 0 aliphatic carbocycles. The van der Waals surface area contributed by atoms with Gasteiger partial charge in [0.15, 0.2) is 0 Å². The summed E-state index contributed by atoms with van der Waals surface area (Å²) in [6.45, 7) is 1.83. The first-order valence-electron chi connectivity index (χ1n) is 6.72. The predicted molar refractivity (Wildman–Crippen MR) is 89.9 cm³/mol. The van der Waals surface area contributed by atoms with Gasteiger partial charge in [0.05, 0.1) is 29.2 Å².